The van der Waals surface area contributed by atoms with Crippen molar-refractivity contribution in [1.82, 2.24) is 20.1 Å². The van der Waals surface area contributed by atoms with Crippen molar-refractivity contribution in [2.45, 2.75) is 49.8 Å². The van der Waals surface area contributed by atoms with Gasteiger partial charge < -0.3 is 19.5 Å². The summed E-state index contributed by atoms with van der Waals surface area (Å²) in [4.78, 5) is 13.6. The summed E-state index contributed by atoms with van der Waals surface area (Å²) in [5, 5.41) is 12.5. The summed E-state index contributed by atoms with van der Waals surface area (Å²) < 4.78 is 7.40. The highest BCUT2D eigenvalue weighted by Gasteiger charge is 2.20. The van der Waals surface area contributed by atoms with Gasteiger partial charge in [0.05, 0.1) is 19.0 Å². The highest BCUT2D eigenvalue weighted by atomic mass is 32.2. The molecule has 0 radical (unpaired) electrons. The first kappa shape index (κ1) is 17.7. The molecule has 2 aliphatic rings. The van der Waals surface area contributed by atoms with Crippen LogP contribution >= 0.6 is 11.8 Å². The summed E-state index contributed by atoms with van der Waals surface area (Å²) in [6, 6.07) is 0.367. The zero-order chi connectivity index (χ0) is 16.8. The number of morpholine rings is 1. The van der Waals surface area contributed by atoms with E-state index in [9.17, 15) is 4.79 Å². The van der Waals surface area contributed by atoms with Crippen molar-refractivity contribution < 1.29 is 14.4 Å². The summed E-state index contributed by atoms with van der Waals surface area (Å²) in [7, 11) is 1.98. The molecule has 0 aromatic carbocycles. The van der Waals surface area contributed by atoms with Crippen LogP contribution in [0.2, 0.25) is 0 Å². The second-order valence-corrected chi connectivity index (χ2v) is 7.63. The van der Waals surface area contributed by atoms with Crippen LogP contribution in [-0.4, -0.2) is 58.8 Å². The number of hydrogen-bond acceptors (Lipinski definition) is 5. The van der Waals surface area contributed by atoms with Gasteiger partial charge in [0, 0.05) is 13.1 Å². The van der Waals surface area contributed by atoms with E-state index < -0.39 is 0 Å². The minimum absolute atomic E-state index is 0.107. The Morgan fingerprint density at radius 3 is 2.79 bits per heavy atom. The predicted octanol–water partition coefficient (Wildman–Crippen LogP) is -0.229. The van der Waals surface area contributed by atoms with Crippen molar-refractivity contribution in [2.24, 2.45) is 7.05 Å². The molecule has 1 amide bonds. The van der Waals surface area contributed by atoms with Crippen LogP contribution in [0.3, 0.4) is 0 Å². The number of hydrogen-bond donors (Lipinski definition) is 2. The summed E-state index contributed by atoms with van der Waals surface area (Å²) >= 11 is 1.47. The van der Waals surface area contributed by atoms with Crippen LogP contribution in [0.15, 0.2) is 5.16 Å². The molecule has 134 valence electrons. The van der Waals surface area contributed by atoms with Crippen LogP contribution in [-0.2, 0) is 23.1 Å². The Kier molecular flexibility index (Phi) is 6.51. The number of ether oxygens (including phenoxy) is 1. The third kappa shape index (κ3) is 4.94. The Morgan fingerprint density at radius 2 is 2.04 bits per heavy atom. The summed E-state index contributed by atoms with van der Waals surface area (Å²) in [5.41, 5.74) is 0. The third-order valence-electron chi connectivity index (χ3n) is 4.84. The first-order chi connectivity index (χ1) is 11.7. The molecule has 1 aliphatic heterocycles. The molecule has 1 aromatic heterocycles. The maximum Gasteiger partial charge on any atom is 0.230 e. The quantitative estimate of drug-likeness (QED) is 0.691. The molecule has 7 nitrogen and oxygen atoms in total. The Bertz CT molecular complexity index is 539. The molecule has 0 atom stereocenters. The molecule has 1 saturated heterocycles. The van der Waals surface area contributed by atoms with Crippen LogP contribution < -0.4 is 10.2 Å². The molecule has 1 aromatic rings. The van der Waals surface area contributed by atoms with Gasteiger partial charge in [-0.05, 0) is 12.8 Å². The maximum absolute atomic E-state index is 12.1. The molecule has 8 heteroatoms. The Morgan fingerprint density at radius 1 is 1.29 bits per heavy atom. The van der Waals surface area contributed by atoms with Crippen LogP contribution in [0.4, 0.5) is 0 Å². The van der Waals surface area contributed by atoms with Gasteiger partial charge in [-0.25, -0.2) is 0 Å². The van der Waals surface area contributed by atoms with Gasteiger partial charge in [-0.15, -0.1) is 10.2 Å². The number of carbonyl (C=O) groups excluding carboxylic acids is 1. The molecule has 1 saturated carbocycles. The van der Waals surface area contributed by atoms with Crippen molar-refractivity contribution in [2.75, 3.05) is 32.1 Å². The second kappa shape index (κ2) is 8.82. The lowest BCUT2D eigenvalue weighted by Gasteiger charge is -2.23. The largest absolute Gasteiger partial charge is 0.370 e. The first-order valence-corrected chi connectivity index (χ1v) is 9.92. The van der Waals surface area contributed by atoms with Gasteiger partial charge >= 0.3 is 0 Å². The van der Waals surface area contributed by atoms with Crippen molar-refractivity contribution in [3.63, 3.8) is 0 Å². The number of nitrogens with one attached hydrogen (secondary N) is 2. The minimum atomic E-state index is 0.107. The number of carbonyl (C=O) groups is 1. The van der Waals surface area contributed by atoms with Gasteiger partial charge in [-0.2, -0.15) is 0 Å². The number of rotatable bonds is 6. The van der Waals surface area contributed by atoms with Crippen LogP contribution in [0, 0.1) is 0 Å². The lowest BCUT2D eigenvalue weighted by molar-refractivity contribution is -0.922. The molecule has 1 aliphatic carbocycles. The van der Waals surface area contributed by atoms with Crippen molar-refractivity contribution in [3.05, 3.63) is 5.82 Å². The molecule has 2 heterocycles. The molecule has 3 rings (SSSR count). The van der Waals surface area contributed by atoms with Crippen LogP contribution in [0.5, 0.6) is 0 Å². The molecular formula is C16H28N5O2S+. The van der Waals surface area contributed by atoms with E-state index in [0.717, 1.165) is 56.7 Å². The van der Waals surface area contributed by atoms with E-state index in [4.69, 9.17) is 4.74 Å². The summed E-state index contributed by atoms with van der Waals surface area (Å²) in [6.07, 6.45) is 6.00. The van der Waals surface area contributed by atoms with Gasteiger partial charge in [0.15, 0.2) is 11.0 Å². The summed E-state index contributed by atoms with van der Waals surface area (Å²) in [6.45, 7) is 4.52. The number of aromatic nitrogens is 3. The van der Waals surface area contributed by atoms with E-state index in [2.05, 4.69) is 15.5 Å². The lowest BCUT2D eigenvalue weighted by atomic mass is 9.95. The number of nitrogens with zero attached hydrogens (tertiary/aromatic N) is 3. The fourth-order valence-electron chi connectivity index (χ4n) is 3.33. The van der Waals surface area contributed by atoms with E-state index in [1.165, 1.54) is 35.9 Å². The minimum Gasteiger partial charge on any atom is -0.370 e. The first-order valence-electron chi connectivity index (χ1n) is 8.94. The van der Waals surface area contributed by atoms with E-state index in [-0.39, 0.29) is 5.91 Å². The number of amides is 1. The zero-order valence-electron chi connectivity index (χ0n) is 14.4. The van der Waals surface area contributed by atoms with Crippen LogP contribution in [0.25, 0.3) is 0 Å². The van der Waals surface area contributed by atoms with Crippen LogP contribution in [0.1, 0.15) is 37.9 Å². The Hall–Kier alpha value is -1.12. The molecule has 0 bridgehead atoms. The van der Waals surface area contributed by atoms with Crippen molar-refractivity contribution in [3.8, 4) is 0 Å². The third-order valence-corrected chi connectivity index (χ3v) is 5.86. The van der Waals surface area contributed by atoms with Gasteiger partial charge in [-0.3, -0.25) is 4.79 Å². The molecule has 24 heavy (non-hydrogen) atoms. The molecule has 2 N–H and O–H groups in total. The van der Waals surface area contributed by atoms with Gasteiger partial charge in [0.25, 0.3) is 0 Å². The van der Waals surface area contributed by atoms with Crippen molar-refractivity contribution in [1.29, 1.82) is 0 Å². The Balaban J connectivity index is 1.45. The highest BCUT2D eigenvalue weighted by molar-refractivity contribution is 7.99. The van der Waals surface area contributed by atoms with E-state index in [1.54, 1.807) is 0 Å². The highest BCUT2D eigenvalue weighted by Crippen LogP contribution is 2.19. The monoisotopic (exact) mass is 354 g/mol. The normalized spacial score (nSPS) is 20.2. The van der Waals surface area contributed by atoms with Gasteiger partial charge in [0.1, 0.15) is 19.6 Å². The molecular weight excluding hydrogens is 326 g/mol. The lowest BCUT2D eigenvalue weighted by Crippen LogP contribution is -3.12. The number of quaternary nitrogens is 1. The van der Waals surface area contributed by atoms with E-state index in [0.29, 0.717) is 11.8 Å². The van der Waals surface area contributed by atoms with Crippen molar-refractivity contribution >= 4 is 17.7 Å². The SMILES string of the molecule is Cn1c(C[NH+]2CCOCC2)nnc1SCC(=O)NC1CCCCC1. The standard InChI is InChI=1S/C16H27N5O2S/c1-20-14(11-21-7-9-23-10-8-21)18-19-16(20)24-12-15(22)17-13-5-3-2-4-6-13/h13H,2-12H2,1H3,(H,17,22)/p+1. The summed E-state index contributed by atoms with van der Waals surface area (Å²) in [5.74, 6) is 1.49. The average molecular weight is 355 g/mol. The zero-order valence-corrected chi connectivity index (χ0v) is 15.2. The molecule has 0 spiro atoms. The topological polar surface area (TPSA) is 73.5 Å². The smallest absolute Gasteiger partial charge is 0.230 e. The van der Waals surface area contributed by atoms with Gasteiger partial charge in [0.2, 0.25) is 5.91 Å². The fraction of sp³-hybridized carbons (Fsp3) is 0.812. The van der Waals surface area contributed by atoms with E-state index in [1.807, 2.05) is 11.6 Å². The van der Waals surface area contributed by atoms with E-state index >= 15 is 0 Å². The molecule has 2 fully saturated rings. The average Bonchev–Trinajstić information content (AvgIpc) is 2.95. The Labute approximate surface area is 147 Å². The fourth-order valence-corrected chi connectivity index (χ4v) is 4.07. The number of thioether (sulfide) groups is 1. The van der Waals surface area contributed by atoms with Gasteiger partial charge in [-0.1, -0.05) is 31.0 Å². The maximum atomic E-state index is 12.1. The second-order valence-electron chi connectivity index (χ2n) is 6.69. The molecule has 0 unspecified atom stereocenters. The predicted molar refractivity (Wildman–Crippen MR) is 92.0 cm³/mol.